The van der Waals surface area contributed by atoms with Crippen LogP contribution in [0.2, 0.25) is 0 Å². The number of allylic oxidation sites excluding steroid dienone is 1. The average molecular weight is 308 g/mol. The summed E-state index contributed by atoms with van der Waals surface area (Å²) in [6.07, 6.45) is 5.02. The predicted octanol–water partition coefficient (Wildman–Crippen LogP) is 4.02. The van der Waals surface area contributed by atoms with Crippen molar-refractivity contribution in [1.29, 1.82) is 0 Å². The molecule has 0 radical (unpaired) electrons. The van der Waals surface area contributed by atoms with Crippen molar-refractivity contribution in [3.05, 3.63) is 77.6 Å². The summed E-state index contributed by atoms with van der Waals surface area (Å²) < 4.78 is 12.9. The highest BCUT2D eigenvalue weighted by Crippen LogP contribution is 2.15. The molecule has 0 spiro atoms. The van der Waals surface area contributed by atoms with Crippen molar-refractivity contribution in [3.63, 3.8) is 0 Å². The first-order valence-corrected chi connectivity index (χ1v) is 7.56. The van der Waals surface area contributed by atoms with Gasteiger partial charge in [0.25, 0.3) is 0 Å². The molecular formula is C19H17FN2O. The van der Waals surface area contributed by atoms with Crippen LogP contribution in [0.3, 0.4) is 0 Å². The molecule has 1 heterocycles. The Morgan fingerprint density at radius 2 is 1.74 bits per heavy atom. The molecule has 0 bridgehead atoms. The van der Waals surface area contributed by atoms with Crippen LogP contribution in [0.4, 0.5) is 4.39 Å². The molecule has 0 aliphatic carbocycles. The summed E-state index contributed by atoms with van der Waals surface area (Å²) in [4.78, 5) is 12.0. The van der Waals surface area contributed by atoms with Crippen molar-refractivity contribution in [2.45, 2.75) is 19.4 Å². The minimum absolute atomic E-state index is 0.00816. The van der Waals surface area contributed by atoms with Gasteiger partial charge in [0.2, 0.25) is 5.91 Å². The molecule has 116 valence electrons. The van der Waals surface area contributed by atoms with Crippen LogP contribution in [-0.2, 0) is 11.3 Å². The second-order valence-corrected chi connectivity index (χ2v) is 5.41. The van der Waals surface area contributed by atoms with Crippen LogP contribution < -0.4 is 0 Å². The van der Waals surface area contributed by atoms with Crippen LogP contribution in [0.5, 0.6) is 0 Å². The van der Waals surface area contributed by atoms with Crippen molar-refractivity contribution >= 4 is 17.7 Å². The van der Waals surface area contributed by atoms with E-state index in [0.717, 1.165) is 16.8 Å². The van der Waals surface area contributed by atoms with Gasteiger partial charge in [-0.1, -0.05) is 48.5 Å². The minimum atomic E-state index is -0.284. The number of benzene rings is 2. The SMILES string of the molecule is O=C1CCC(/C=C/c2ccccc2)=NN1Cc1ccc(F)cc1. The fraction of sp³-hybridized carbons (Fsp3) is 0.158. The van der Waals surface area contributed by atoms with Gasteiger partial charge in [-0.15, -0.1) is 0 Å². The molecule has 0 saturated heterocycles. The largest absolute Gasteiger partial charge is 0.273 e. The lowest BCUT2D eigenvalue weighted by Gasteiger charge is -2.22. The lowest BCUT2D eigenvalue weighted by Crippen LogP contribution is -2.30. The van der Waals surface area contributed by atoms with Crippen LogP contribution in [0.1, 0.15) is 24.0 Å². The molecule has 0 saturated carbocycles. The summed E-state index contributed by atoms with van der Waals surface area (Å²) in [6, 6.07) is 16.1. The van der Waals surface area contributed by atoms with Gasteiger partial charge in [0, 0.05) is 12.8 Å². The highest BCUT2D eigenvalue weighted by molar-refractivity contribution is 6.02. The Labute approximate surface area is 134 Å². The lowest BCUT2D eigenvalue weighted by atomic mass is 10.1. The maximum atomic E-state index is 12.9. The molecule has 0 N–H and O–H groups in total. The van der Waals surface area contributed by atoms with Gasteiger partial charge in [-0.05, 0) is 29.3 Å². The van der Waals surface area contributed by atoms with E-state index in [1.54, 1.807) is 12.1 Å². The van der Waals surface area contributed by atoms with Crippen molar-refractivity contribution in [1.82, 2.24) is 5.01 Å². The Kier molecular flexibility index (Phi) is 4.62. The van der Waals surface area contributed by atoms with Crippen LogP contribution >= 0.6 is 0 Å². The molecule has 3 nitrogen and oxygen atoms in total. The molecule has 2 aromatic rings. The fourth-order valence-electron chi connectivity index (χ4n) is 2.38. The summed E-state index contributed by atoms with van der Waals surface area (Å²) in [6.45, 7) is 0.363. The number of nitrogens with zero attached hydrogens (tertiary/aromatic N) is 2. The zero-order chi connectivity index (χ0) is 16.1. The summed E-state index contributed by atoms with van der Waals surface area (Å²) in [5.74, 6) is -0.292. The molecule has 1 aliphatic rings. The topological polar surface area (TPSA) is 32.7 Å². The van der Waals surface area contributed by atoms with Gasteiger partial charge >= 0.3 is 0 Å². The monoisotopic (exact) mass is 308 g/mol. The maximum absolute atomic E-state index is 12.9. The normalized spacial score (nSPS) is 15.1. The van der Waals surface area contributed by atoms with Crippen molar-refractivity contribution in [3.8, 4) is 0 Å². The van der Waals surface area contributed by atoms with Gasteiger partial charge in [-0.25, -0.2) is 9.40 Å². The summed E-state index contributed by atoms with van der Waals surface area (Å²) in [7, 11) is 0. The van der Waals surface area contributed by atoms with Crippen LogP contribution in [-0.4, -0.2) is 16.6 Å². The highest BCUT2D eigenvalue weighted by atomic mass is 19.1. The van der Waals surface area contributed by atoms with Crippen molar-refractivity contribution in [2.24, 2.45) is 5.10 Å². The molecule has 0 atom stereocenters. The Bertz CT molecular complexity index is 736. The van der Waals surface area contributed by atoms with E-state index in [1.807, 2.05) is 42.5 Å². The van der Waals surface area contributed by atoms with E-state index in [0.29, 0.717) is 19.4 Å². The first-order chi connectivity index (χ1) is 11.2. The zero-order valence-corrected chi connectivity index (χ0v) is 12.7. The third-order valence-corrected chi connectivity index (χ3v) is 3.65. The van der Waals surface area contributed by atoms with Crippen LogP contribution in [0, 0.1) is 5.82 Å². The molecule has 0 unspecified atom stereocenters. The molecule has 1 amide bonds. The van der Waals surface area contributed by atoms with Crippen molar-refractivity contribution in [2.75, 3.05) is 0 Å². The molecular weight excluding hydrogens is 291 g/mol. The van der Waals surface area contributed by atoms with Crippen LogP contribution in [0.15, 0.2) is 65.8 Å². The molecule has 23 heavy (non-hydrogen) atoms. The number of hydrazone groups is 1. The molecule has 2 aromatic carbocycles. The van der Waals surface area contributed by atoms with Gasteiger partial charge in [0.15, 0.2) is 0 Å². The van der Waals surface area contributed by atoms with E-state index >= 15 is 0 Å². The Hall–Kier alpha value is -2.75. The van der Waals surface area contributed by atoms with Crippen molar-refractivity contribution < 1.29 is 9.18 Å². The number of amides is 1. The van der Waals surface area contributed by atoms with E-state index < -0.39 is 0 Å². The van der Waals surface area contributed by atoms with E-state index in [4.69, 9.17) is 0 Å². The fourth-order valence-corrected chi connectivity index (χ4v) is 2.38. The Morgan fingerprint density at radius 3 is 2.48 bits per heavy atom. The first kappa shape index (κ1) is 15.2. The van der Waals surface area contributed by atoms with Crippen LogP contribution in [0.25, 0.3) is 6.08 Å². The van der Waals surface area contributed by atoms with Gasteiger partial charge in [-0.3, -0.25) is 4.79 Å². The number of halogens is 1. The molecule has 3 rings (SSSR count). The number of carbonyl (C=O) groups is 1. The van der Waals surface area contributed by atoms with E-state index in [2.05, 4.69) is 5.10 Å². The zero-order valence-electron chi connectivity index (χ0n) is 12.7. The number of hydrogen-bond donors (Lipinski definition) is 0. The number of hydrogen-bond acceptors (Lipinski definition) is 2. The van der Waals surface area contributed by atoms with E-state index in [-0.39, 0.29) is 11.7 Å². The summed E-state index contributed by atoms with van der Waals surface area (Å²) in [5, 5.41) is 5.88. The van der Waals surface area contributed by atoms with Gasteiger partial charge in [0.05, 0.1) is 12.3 Å². The molecule has 4 heteroatoms. The predicted molar refractivity (Wildman–Crippen MR) is 89.1 cm³/mol. The smallest absolute Gasteiger partial charge is 0.243 e. The quantitative estimate of drug-likeness (QED) is 0.839. The third-order valence-electron chi connectivity index (χ3n) is 3.65. The number of rotatable bonds is 4. The summed E-state index contributed by atoms with van der Waals surface area (Å²) in [5.41, 5.74) is 2.82. The van der Waals surface area contributed by atoms with Gasteiger partial charge in [0.1, 0.15) is 5.82 Å². The first-order valence-electron chi connectivity index (χ1n) is 7.56. The minimum Gasteiger partial charge on any atom is -0.273 e. The molecule has 0 aromatic heterocycles. The van der Waals surface area contributed by atoms with Gasteiger partial charge < -0.3 is 0 Å². The Balaban J connectivity index is 1.73. The number of carbonyl (C=O) groups excluding carboxylic acids is 1. The average Bonchev–Trinajstić information content (AvgIpc) is 2.58. The summed E-state index contributed by atoms with van der Waals surface area (Å²) >= 11 is 0. The Morgan fingerprint density at radius 1 is 1.00 bits per heavy atom. The third kappa shape index (κ3) is 4.13. The second-order valence-electron chi connectivity index (χ2n) is 5.41. The standard InChI is InChI=1S/C19H17FN2O/c20-17-9-6-16(7-10-17)14-22-19(23)13-12-18(21-22)11-8-15-4-2-1-3-5-15/h1-11H,12-14H2/b11-8+. The van der Waals surface area contributed by atoms with E-state index in [9.17, 15) is 9.18 Å². The lowest BCUT2D eigenvalue weighted by molar-refractivity contribution is -0.132. The second kappa shape index (κ2) is 7.01. The highest BCUT2D eigenvalue weighted by Gasteiger charge is 2.19. The molecule has 0 fully saturated rings. The van der Waals surface area contributed by atoms with Gasteiger partial charge in [-0.2, -0.15) is 5.10 Å². The maximum Gasteiger partial charge on any atom is 0.243 e. The van der Waals surface area contributed by atoms with E-state index in [1.165, 1.54) is 17.1 Å². The molecule has 1 aliphatic heterocycles.